The zero-order valence-electron chi connectivity index (χ0n) is 10.9. The largest absolute Gasteiger partial charge is 0.492 e. The molecule has 0 heterocycles. The molecule has 1 aromatic rings. The van der Waals surface area contributed by atoms with E-state index in [1.54, 1.807) is 19.2 Å². The van der Waals surface area contributed by atoms with E-state index < -0.39 is 12.7 Å². The Morgan fingerprint density at radius 1 is 1.16 bits per heavy atom. The highest BCUT2D eigenvalue weighted by Crippen LogP contribution is 2.16. The number of hydrogen-bond acceptors (Lipinski definition) is 3. The fourth-order valence-electron chi connectivity index (χ4n) is 1.60. The number of likely N-dealkylation sites (N-methyl/N-ethyl adjacent to an activating group) is 1. The number of rotatable bonds is 8. The minimum atomic E-state index is -4.18. The van der Waals surface area contributed by atoms with Crippen LogP contribution in [0.5, 0.6) is 5.75 Å². The normalized spacial score (nSPS) is 11.8. The van der Waals surface area contributed by atoms with Crippen LogP contribution in [-0.4, -0.2) is 50.9 Å². The molecule has 0 saturated carbocycles. The van der Waals surface area contributed by atoms with Crippen LogP contribution in [0.15, 0.2) is 30.3 Å². The third kappa shape index (κ3) is 7.69. The van der Waals surface area contributed by atoms with Crippen LogP contribution in [0.2, 0.25) is 0 Å². The number of hydrogen-bond donors (Lipinski definition) is 1. The van der Waals surface area contributed by atoms with Crippen molar-refractivity contribution in [1.29, 1.82) is 0 Å². The lowest BCUT2D eigenvalue weighted by atomic mass is 10.3. The zero-order valence-corrected chi connectivity index (χ0v) is 10.9. The van der Waals surface area contributed by atoms with Gasteiger partial charge in [-0.3, -0.25) is 4.90 Å². The van der Waals surface area contributed by atoms with Crippen LogP contribution in [0.4, 0.5) is 13.2 Å². The van der Waals surface area contributed by atoms with Crippen LogP contribution in [-0.2, 0) is 0 Å². The first-order valence-corrected chi connectivity index (χ1v) is 6.13. The Morgan fingerprint density at radius 2 is 1.84 bits per heavy atom. The molecule has 3 nitrogen and oxygen atoms in total. The molecule has 0 bridgehead atoms. The maximum atomic E-state index is 12.4. The first-order valence-electron chi connectivity index (χ1n) is 6.13. The minimum absolute atomic E-state index is 0.240. The third-order valence-electron chi connectivity index (χ3n) is 2.50. The monoisotopic (exact) mass is 276 g/mol. The molecule has 0 fully saturated rings. The summed E-state index contributed by atoms with van der Waals surface area (Å²) in [5.74, 6) is 0.670. The molecule has 0 unspecified atom stereocenters. The van der Waals surface area contributed by atoms with Crippen LogP contribution in [0.25, 0.3) is 0 Å². The van der Waals surface area contributed by atoms with E-state index in [0.717, 1.165) is 0 Å². The number of benzene rings is 1. The maximum absolute atomic E-state index is 12.4. The molecule has 0 radical (unpaired) electrons. The number of nitrogens with one attached hydrogen (secondary N) is 1. The standard InChI is InChI=1S/C13H19F3N2O/c1-17-7-8-18(11-13(14,15)16)9-10-19-12-5-3-2-4-6-12/h2-6,17H,7-11H2,1H3. The van der Waals surface area contributed by atoms with Gasteiger partial charge in [0, 0.05) is 19.6 Å². The Labute approximate surface area is 111 Å². The van der Waals surface area contributed by atoms with E-state index in [1.807, 2.05) is 18.2 Å². The second kappa shape index (κ2) is 8.01. The summed E-state index contributed by atoms with van der Waals surface area (Å²) >= 11 is 0. The average molecular weight is 276 g/mol. The first-order chi connectivity index (χ1) is 9.01. The van der Waals surface area contributed by atoms with Crippen molar-refractivity contribution in [2.75, 3.05) is 39.8 Å². The number of ether oxygens (including phenoxy) is 1. The summed E-state index contributed by atoms with van der Waals surface area (Å²) in [6.07, 6.45) is -4.18. The van der Waals surface area contributed by atoms with Gasteiger partial charge in [-0.05, 0) is 19.2 Å². The zero-order chi connectivity index (χ0) is 14.1. The van der Waals surface area contributed by atoms with Crippen molar-refractivity contribution in [1.82, 2.24) is 10.2 Å². The Bertz CT molecular complexity index is 343. The van der Waals surface area contributed by atoms with Crippen molar-refractivity contribution in [3.8, 4) is 5.75 Å². The molecule has 0 aliphatic rings. The maximum Gasteiger partial charge on any atom is 0.401 e. The van der Waals surface area contributed by atoms with Gasteiger partial charge in [0.25, 0.3) is 0 Å². The van der Waals surface area contributed by atoms with Gasteiger partial charge in [-0.2, -0.15) is 13.2 Å². The van der Waals surface area contributed by atoms with E-state index in [2.05, 4.69) is 5.32 Å². The Kier molecular flexibility index (Phi) is 6.66. The summed E-state index contributed by atoms with van der Waals surface area (Å²) in [6.45, 7) is 0.433. The molecule has 0 atom stereocenters. The first kappa shape index (κ1) is 15.8. The van der Waals surface area contributed by atoms with E-state index in [0.29, 0.717) is 18.8 Å². The molecule has 0 saturated heterocycles. The van der Waals surface area contributed by atoms with Gasteiger partial charge in [0.2, 0.25) is 0 Å². The lowest BCUT2D eigenvalue weighted by Gasteiger charge is -2.23. The van der Waals surface area contributed by atoms with Crippen molar-refractivity contribution >= 4 is 0 Å². The summed E-state index contributed by atoms with van der Waals surface area (Å²) < 4.78 is 42.5. The molecule has 108 valence electrons. The molecule has 1 N–H and O–H groups in total. The van der Waals surface area contributed by atoms with Crippen LogP contribution in [0.3, 0.4) is 0 Å². The fraction of sp³-hybridized carbons (Fsp3) is 0.538. The Balaban J connectivity index is 2.35. The van der Waals surface area contributed by atoms with E-state index in [9.17, 15) is 13.2 Å². The van der Waals surface area contributed by atoms with Crippen LogP contribution < -0.4 is 10.1 Å². The summed E-state index contributed by atoms with van der Waals surface area (Å²) in [5, 5.41) is 2.84. The summed E-state index contributed by atoms with van der Waals surface area (Å²) in [6, 6.07) is 9.06. The predicted molar refractivity (Wildman–Crippen MR) is 68.4 cm³/mol. The molecule has 0 spiro atoms. The van der Waals surface area contributed by atoms with Crippen LogP contribution in [0, 0.1) is 0 Å². The van der Waals surface area contributed by atoms with Gasteiger partial charge in [-0.1, -0.05) is 18.2 Å². The van der Waals surface area contributed by atoms with E-state index in [4.69, 9.17) is 4.74 Å². The van der Waals surface area contributed by atoms with Crippen LogP contribution >= 0.6 is 0 Å². The van der Waals surface area contributed by atoms with Crippen molar-refractivity contribution in [2.45, 2.75) is 6.18 Å². The van der Waals surface area contributed by atoms with E-state index >= 15 is 0 Å². The van der Waals surface area contributed by atoms with Gasteiger partial charge >= 0.3 is 6.18 Å². The lowest BCUT2D eigenvalue weighted by molar-refractivity contribution is -0.146. The molecule has 0 amide bonds. The van der Waals surface area contributed by atoms with Crippen molar-refractivity contribution < 1.29 is 17.9 Å². The van der Waals surface area contributed by atoms with Crippen LogP contribution in [0.1, 0.15) is 0 Å². The molecule has 1 aromatic carbocycles. The highest BCUT2D eigenvalue weighted by atomic mass is 19.4. The van der Waals surface area contributed by atoms with Gasteiger partial charge in [-0.25, -0.2) is 0 Å². The lowest BCUT2D eigenvalue weighted by Crippen LogP contribution is -2.40. The number of para-hydroxylation sites is 1. The second-order valence-electron chi connectivity index (χ2n) is 4.16. The molecular weight excluding hydrogens is 257 g/mol. The quantitative estimate of drug-likeness (QED) is 0.787. The second-order valence-corrected chi connectivity index (χ2v) is 4.16. The molecule has 0 aromatic heterocycles. The highest BCUT2D eigenvalue weighted by molar-refractivity contribution is 5.20. The molecular formula is C13H19F3N2O. The van der Waals surface area contributed by atoms with Gasteiger partial charge in [0.15, 0.2) is 0 Å². The SMILES string of the molecule is CNCCN(CCOc1ccccc1)CC(F)(F)F. The van der Waals surface area contributed by atoms with Crippen molar-refractivity contribution in [3.05, 3.63) is 30.3 Å². The van der Waals surface area contributed by atoms with Crippen molar-refractivity contribution in [3.63, 3.8) is 0 Å². The fourth-order valence-corrected chi connectivity index (χ4v) is 1.60. The summed E-state index contributed by atoms with van der Waals surface area (Å²) in [4.78, 5) is 1.33. The average Bonchev–Trinajstić information content (AvgIpc) is 2.35. The Hall–Kier alpha value is -1.27. The third-order valence-corrected chi connectivity index (χ3v) is 2.50. The number of alkyl halides is 3. The van der Waals surface area contributed by atoms with Gasteiger partial charge < -0.3 is 10.1 Å². The topological polar surface area (TPSA) is 24.5 Å². The predicted octanol–water partition coefficient (Wildman–Crippen LogP) is 2.15. The van der Waals surface area contributed by atoms with Gasteiger partial charge in [0.1, 0.15) is 12.4 Å². The summed E-state index contributed by atoms with van der Waals surface area (Å²) in [5.41, 5.74) is 0. The molecule has 1 rings (SSSR count). The van der Waals surface area contributed by atoms with Gasteiger partial charge in [-0.15, -0.1) is 0 Å². The van der Waals surface area contributed by atoms with Crippen molar-refractivity contribution in [2.24, 2.45) is 0 Å². The van der Waals surface area contributed by atoms with Gasteiger partial charge in [0.05, 0.1) is 6.54 Å². The summed E-state index contributed by atoms with van der Waals surface area (Å²) in [7, 11) is 1.71. The molecule has 0 aliphatic carbocycles. The Morgan fingerprint density at radius 3 is 2.42 bits per heavy atom. The molecule has 0 aliphatic heterocycles. The molecule has 19 heavy (non-hydrogen) atoms. The van der Waals surface area contributed by atoms with E-state index in [-0.39, 0.29) is 13.2 Å². The van der Waals surface area contributed by atoms with E-state index in [1.165, 1.54) is 4.90 Å². The number of halogens is 3. The smallest absolute Gasteiger partial charge is 0.401 e. The minimum Gasteiger partial charge on any atom is -0.492 e. The molecule has 6 heteroatoms. The highest BCUT2D eigenvalue weighted by Gasteiger charge is 2.30. The number of nitrogens with zero attached hydrogens (tertiary/aromatic N) is 1.